The Morgan fingerprint density at radius 2 is 1.60 bits per heavy atom. The van der Waals surface area contributed by atoms with E-state index in [-0.39, 0.29) is 0 Å². The summed E-state index contributed by atoms with van der Waals surface area (Å²) in [6.45, 7) is -2.62. The second-order valence-corrected chi connectivity index (χ2v) is 3.38. The minimum Gasteiger partial charge on any atom is -0.746 e. The lowest BCUT2D eigenvalue weighted by Crippen LogP contribution is -2.45. The van der Waals surface area contributed by atoms with Crippen molar-refractivity contribution in [2.45, 2.75) is 4.93 Å². The highest BCUT2D eigenvalue weighted by Crippen LogP contribution is 2.09. The summed E-state index contributed by atoms with van der Waals surface area (Å²) in [5.74, 6) is 0. The molecule has 3 N–H and O–H groups in total. The van der Waals surface area contributed by atoms with Gasteiger partial charge in [-0.25, -0.2) is 8.42 Å². The third kappa shape index (κ3) is 1.64. The van der Waals surface area contributed by atoms with Crippen LogP contribution in [-0.2, 0) is 10.1 Å². The number of hydrogen-bond acceptors (Lipinski definition) is 6. The first-order valence-electron chi connectivity index (χ1n) is 2.27. The van der Waals surface area contributed by atoms with Crippen molar-refractivity contribution < 1.29 is 28.3 Å². The summed E-state index contributed by atoms with van der Waals surface area (Å²) >= 11 is 0. The van der Waals surface area contributed by atoms with E-state index in [9.17, 15) is 13.0 Å². The van der Waals surface area contributed by atoms with Crippen LogP contribution in [0.5, 0.6) is 0 Å². The van der Waals surface area contributed by atoms with Crippen LogP contribution >= 0.6 is 0 Å². The third-order valence-corrected chi connectivity index (χ3v) is 2.15. The van der Waals surface area contributed by atoms with Crippen LogP contribution in [0.4, 0.5) is 0 Å². The Bertz CT molecular complexity index is 189. The van der Waals surface area contributed by atoms with Gasteiger partial charge in [-0.3, -0.25) is 0 Å². The molecule has 0 aromatic heterocycles. The van der Waals surface area contributed by atoms with Gasteiger partial charge in [0, 0.05) is 0 Å². The van der Waals surface area contributed by atoms with Crippen LogP contribution in [0, 0.1) is 0 Å². The smallest absolute Gasteiger partial charge is 0.200 e. The van der Waals surface area contributed by atoms with Crippen molar-refractivity contribution in [3.8, 4) is 0 Å². The van der Waals surface area contributed by atoms with Crippen molar-refractivity contribution in [2.24, 2.45) is 0 Å². The zero-order valence-corrected chi connectivity index (χ0v) is 5.71. The lowest BCUT2D eigenvalue weighted by atomic mass is 10.4. The quantitative estimate of drug-likeness (QED) is 0.395. The molecule has 0 fully saturated rings. The Morgan fingerprint density at radius 3 is 1.60 bits per heavy atom. The van der Waals surface area contributed by atoms with E-state index < -0.39 is 28.3 Å². The van der Waals surface area contributed by atoms with E-state index in [0.29, 0.717) is 0 Å². The van der Waals surface area contributed by atoms with Crippen LogP contribution in [0.2, 0.25) is 0 Å². The fourth-order valence-corrected chi connectivity index (χ4v) is 0.524. The normalized spacial score (nSPS) is 13.6. The minimum absolute atomic E-state index is 1.31. The molecule has 0 aromatic carbocycles. The van der Waals surface area contributed by atoms with Gasteiger partial charge < -0.3 is 19.9 Å². The van der Waals surface area contributed by atoms with Gasteiger partial charge in [-0.2, -0.15) is 0 Å². The van der Waals surface area contributed by atoms with Crippen molar-refractivity contribution in [3.05, 3.63) is 0 Å². The topological polar surface area (TPSA) is 118 Å². The molecule has 0 amide bonds. The van der Waals surface area contributed by atoms with Crippen molar-refractivity contribution in [1.82, 2.24) is 0 Å². The summed E-state index contributed by atoms with van der Waals surface area (Å²) in [4.78, 5) is -2.95. The van der Waals surface area contributed by atoms with Gasteiger partial charge in [0.1, 0.15) is 10.1 Å². The van der Waals surface area contributed by atoms with Crippen LogP contribution in [-0.4, -0.2) is 46.4 Å². The minimum atomic E-state index is -5.06. The van der Waals surface area contributed by atoms with Gasteiger partial charge in [-0.15, -0.1) is 0 Å². The van der Waals surface area contributed by atoms with Gasteiger partial charge >= 0.3 is 0 Å². The lowest BCUT2D eigenvalue weighted by molar-refractivity contribution is 0.00257. The molecule has 0 spiro atoms. The van der Waals surface area contributed by atoms with E-state index in [0.717, 1.165) is 0 Å². The maximum Gasteiger partial charge on any atom is 0.200 e. The summed E-state index contributed by atoms with van der Waals surface area (Å²) in [6, 6.07) is 0. The van der Waals surface area contributed by atoms with Crippen LogP contribution < -0.4 is 0 Å². The van der Waals surface area contributed by atoms with E-state index in [1.54, 1.807) is 0 Å². The average Bonchev–Trinajstić information content (AvgIpc) is 1.84. The molecule has 0 aliphatic carbocycles. The number of aliphatic hydroxyl groups excluding tert-OH is 2. The summed E-state index contributed by atoms with van der Waals surface area (Å²) in [5, 5.41) is 24.8. The molecular weight excluding hydrogens is 164 g/mol. The SMILES string of the molecule is O=S(=O)([O-])C(O)(CO)CO. The fraction of sp³-hybridized carbons (Fsp3) is 1.00. The molecule has 0 heterocycles. The first-order valence-corrected chi connectivity index (χ1v) is 3.68. The van der Waals surface area contributed by atoms with Gasteiger partial charge in [-0.1, -0.05) is 0 Å². The standard InChI is InChI=1S/C3H8O6S/c4-1-3(6,2-5)10(7,8)9/h4-6H,1-2H2,(H,7,8,9)/p-1. The third-order valence-electron chi connectivity index (χ3n) is 0.959. The summed E-state index contributed by atoms with van der Waals surface area (Å²) in [5.41, 5.74) is 0. The zero-order valence-electron chi connectivity index (χ0n) is 4.89. The largest absolute Gasteiger partial charge is 0.746 e. The zero-order chi connectivity index (χ0) is 8.41. The molecule has 0 unspecified atom stereocenters. The highest BCUT2D eigenvalue weighted by Gasteiger charge is 2.33. The van der Waals surface area contributed by atoms with E-state index in [4.69, 9.17) is 15.3 Å². The Kier molecular flexibility index (Phi) is 2.75. The molecule has 0 saturated carbocycles. The van der Waals surface area contributed by atoms with Crippen LogP contribution in [0.15, 0.2) is 0 Å². The predicted octanol–water partition coefficient (Wildman–Crippen LogP) is -2.80. The van der Waals surface area contributed by atoms with Gasteiger partial charge in [0.15, 0.2) is 4.93 Å². The number of aliphatic hydroxyl groups is 3. The van der Waals surface area contributed by atoms with Crippen molar-refractivity contribution >= 4 is 10.1 Å². The summed E-state index contributed by atoms with van der Waals surface area (Å²) < 4.78 is 30.0. The van der Waals surface area contributed by atoms with Crippen molar-refractivity contribution in [1.29, 1.82) is 0 Å². The van der Waals surface area contributed by atoms with Gasteiger partial charge in [0.25, 0.3) is 0 Å². The van der Waals surface area contributed by atoms with E-state index in [1.165, 1.54) is 0 Å². The lowest BCUT2D eigenvalue weighted by Gasteiger charge is -2.25. The van der Waals surface area contributed by atoms with Crippen molar-refractivity contribution in [2.75, 3.05) is 13.2 Å². The van der Waals surface area contributed by atoms with Gasteiger partial charge in [0.05, 0.1) is 13.2 Å². The molecule has 6 nitrogen and oxygen atoms in total. The first-order chi connectivity index (χ1) is 4.37. The van der Waals surface area contributed by atoms with Crippen LogP contribution in [0.1, 0.15) is 0 Å². The van der Waals surface area contributed by atoms with Crippen LogP contribution in [0.25, 0.3) is 0 Å². The van der Waals surface area contributed by atoms with E-state index >= 15 is 0 Å². The van der Waals surface area contributed by atoms with Crippen molar-refractivity contribution in [3.63, 3.8) is 0 Å². The molecule has 62 valence electrons. The molecule has 0 saturated heterocycles. The predicted molar refractivity (Wildman–Crippen MR) is 28.8 cm³/mol. The second kappa shape index (κ2) is 2.81. The maximum absolute atomic E-state index is 9.99. The molecule has 0 aliphatic rings. The fourth-order valence-electron chi connectivity index (χ4n) is 0.208. The molecule has 0 bridgehead atoms. The molecule has 0 radical (unpaired) electrons. The highest BCUT2D eigenvalue weighted by atomic mass is 32.2. The Hall–Kier alpha value is -0.210. The Morgan fingerprint density at radius 1 is 1.30 bits per heavy atom. The van der Waals surface area contributed by atoms with Crippen LogP contribution in [0.3, 0.4) is 0 Å². The number of rotatable bonds is 3. The molecule has 10 heavy (non-hydrogen) atoms. The highest BCUT2D eigenvalue weighted by molar-refractivity contribution is 7.87. The molecule has 0 atom stereocenters. The molecule has 0 aliphatic heterocycles. The molecular formula is C3H7O6S-. The monoisotopic (exact) mass is 171 g/mol. The van der Waals surface area contributed by atoms with E-state index in [2.05, 4.69) is 0 Å². The molecule has 7 heteroatoms. The maximum atomic E-state index is 9.99. The van der Waals surface area contributed by atoms with E-state index in [1.807, 2.05) is 0 Å². The molecule has 0 aromatic rings. The summed E-state index contributed by atoms with van der Waals surface area (Å²) in [7, 11) is -5.06. The Balaban J connectivity index is 4.68. The summed E-state index contributed by atoms with van der Waals surface area (Å²) in [6.07, 6.45) is 0. The second-order valence-electron chi connectivity index (χ2n) is 1.72. The average molecular weight is 171 g/mol. The Labute approximate surface area is 57.5 Å². The van der Waals surface area contributed by atoms with Gasteiger partial charge in [-0.05, 0) is 0 Å². The van der Waals surface area contributed by atoms with Gasteiger partial charge in [0.2, 0.25) is 0 Å². The number of hydrogen-bond donors (Lipinski definition) is 3. The molecule has 0 rings (SSSR count). The first kappa shape index (κ1) is 9.79.